The molecule has 0 aliphatic carbocycles. The molecule has 0 aliphatic rings. The van der Waals surface area contributed by atoms with Crippen LogP contribution in [0.5, 0.6) is 0 Å². The summed E-state index contributed by atoms with van der Waals surface area (Å²) in [5.41, 5.74) is 1.34. The lowest BCUT2D eigenvalue weighted by atomic mass is 10.0. The molecule has 0 aliphatic heterocycles. The Hall–Kier alpha value is 0.630. The second-order valence-corrected chi connectivity index (χ2v) is 8.96. The maximum atomic E-state index is 12.8. The van der Waals surface area contributed by atoms with E-state index in [0.29, 0.717) is 12.5 Å². The van der Waals surface area contributed by atoms with Crippen molar-refractivity contribution in [1.29, 1.82) is 0 Å². The van der Waals surface area contributed by atoms with E-state index in [1.54, 1.807) is 0 Å². The summed E-state index contributed by atoms with van der Waals surface area (Å²) in [7, 11) is 0. The van der Waals surface area contributed by atoms with Crippen LogP contribution in [0.3, 0.4) is 0 Å². The Bertz CT molecular complexity index is 246. The van der Waals surface area contributed by atoms with Gasteiger partial charge in [0.1, 0.15) is 0 Å². The summed E-state index contributed by atoms with van der Waals surface area (Å²) in [6, 6.07) is 0. The fraction of sp³-hybridized carbons (Fsp3) is 0.800. The molecule has 0 saturated carbocycles. The van der Waals surface area contributed by atoms with Gasteiger partial charge >= 0.3 is 0 Å². The van der Waals surface area contributed by atoms with Gasteiger partial charge in [-0.1, -0.05) is 30.8 Å². The van der Waals surface area contributed by atoms with Crippen molar-refractivity contribution < 1.29 is 8.72 Å². The van der Waals surface area contributed by atoms with Crippen molar-refractivity contribution >= 4 is 29.8 Å². The van der Waals surface area contributed by atoms with E-state index in [0.717, 1.165) is 19.3 Å². The Balaban J connectivity index is 3.54. The summed E-state index contributed by atoms with van der Waals surface area (Å²) in [6.07, 6.45) is 5.25. The average molecular weight is 270 g/mol. The molecule has 1 nitrogen and oxygen atoms in total. The van der Waals surface area contributed by atoms with E-state index in [-0.39, 0.29) is 0 Å². The molecule has 2 unspecified atom stereocenters. The number of halogens is 1. The van der Waals surface area contributed by atoms with Crippen LogP contribution in [0.2, 0.25) is 0 Å². The van der Waals surface area contributed by atoms with Crippen LogP contribution in [-0.4, -0.2) is 6.61 Å². The number of allylic oxidation sites excluding steroid dienone is 2. The lowest BCUT2D eigenvalue weighted by Gasteiger charge is -2.11. The normalized spacial score (nSPS) is 16.9. The van der Waals surface area contributed by atoms with Crippen molar-refractivity contribution in [3.8, 4) is 0 Å². The van der Waals surface area contributed by atoms with Crippen molar-refractivity contribution in [2.45, 2.75) is 40.0 Å². The topological polar surface area (TPSA) is 9.23 Å². The molecule has 2 atom stereocenters. The molecule has 0 radical (unpaired) electrons. The first-order valence-corrected chi connectivity index (χ1v) is 8.88. The lowest BCUT2D eigenvalue weighted by Crippen LogP contribution is -1.99. The Labute approximate surface area is 103 Å². The predicted octanol–water partition coefficient (Wildman–Crippen LogP) is 4.90. The molecule has 0 spiro atoms. The number of thiol groups is 1. The highest BCUT2D eigenvalue weighted by Gasteiger charge is 2.09. The van der Waals surface area contributed by atoms with Gasteiger partial charge in [0.25, 0.3) is 5.78 Å². The van der Waals surface area contributed by atoms with E-state index in [1.165, 1.54) is 5.57 Å². The first kappa shape index (κ1) is 15.6. The summed E-state index contributed by atoms with van der Waals surface area (Å²) >= 11 is 8.02. The molecule has 0 saturated heterocycles. The highest BCUT2D eigenvalue weighted by Crippen LogP contribution is 2.53. The van der Waals surface area contributed by atoms with Crippen molar-refractivity contribution in [3.63, 3.8) is 0 Å². The van der Waals surface area contributed by atoms with Crippen LogP contribution in [0.15, 0.2) is 11.6 Å². The molecular formula is C10H20FOPS2. The van der Waals surface area contributed by atoms with E-state index in [4.69, 9.17) is 4.52 Å². The van der Waals surface area contributed by atoms with Crippen molar-refractivity contribution in [3.05, 3.63) is 11.6 Å². The smallest absolute Gasteiger partial charge is 0.285 e. The number of rotatable bonds is 7. The largest absolute Gasteiger partial charge is 0.319 e. The van der Waals surface area contributed by atoms with E-state index < -0.39 is 5.78 Å². The highest BCUT2D eigenvalue weighted by molar-refractivity contribution is 8.59. The Morgan fingerprint density at radius 2 is 2.13 bits per heavy atom. The minimum Gasteiger partial charge on any atom is -0.319 e. The summed E-state index contributed by atoms with van der Waals surface area (Å²) in [5, 5.41) is 0. The standard InChI is InChI=1S/C10H20FOPS2/c1-9(2)5-4-6-10(3)7-8-12-13(11,14)15/h5,10H,4,6-8H2,1-3H3,(H,14,15). The lowest BCUT2D eigenvalue weighted by molar-refractivity contribution is 0.297. The minimum atomic E-state index is -3.25. The van der Waals surface area contributed by atoms with Gasteiger partial charge in [-0.2, -0.15) is 4.20 Å². The summed E-state index contributed by atoms with van der Waals surface area (Å²) in [4.78, 5) is 0. The van der Waals surface area contributed by atoms with Gasteiger partial charge in [0.15, 0.2) is 0 Å². The molecule has 0 amide bonds. The van der Waals surface area contributed by atoms with Gasteiger partial charge in [-0.15, -0.1) is 0 Å². The third kappa shape index (κ3) is 12.6. The number of hydrogen-bond acceptors (Lipinski definition) is 2. The zero-order valence-corrected chi connectivity index (χ0v) is 12.2. The van der Waals surface area contributed by atoms with Gasteiger partial charge in [-0.05, 0) is 50.8 Å². The molecule has 90 valence electrons. The van der Waals surface area contributed by atoms with Gasteiger partial charge in [0.2, 0.25) is 0 Å². The molecule has 0 aromatic heterocycles. The van der Waals surface area contributed by atoms with Gasteiger partial charge < -0.3 is 4.52 Å². The fourth-order valence-corrected chi connectivity index (χ4v) is 1.97. The van der Waals surface area contributed by atoms with Crippen LogP contribution in [0, 0.1) is 5.92 Å². The van der Waals surface area contributed by atoms with Gasteiger partial charge in [0.05, 0.1) is 6.61 Å². The second kappa shape index (κ2) is 7.83. The first-order valence-electron chi connectivity index (χ1n) is 5.11. The fourth-order valence-electron chi connectivity index (χ4n) is 1.17. The first-order chi connectivity index (χ1) is 6.81. The summed E-state index contributed by atoms with van der Waals surface area (Å²) in [5.74, 6) is -2.71. The van der Waals surface area contributed by atoms with Crippen LogP contribution in [0.25, 0.3) is 0 Å². The second-order valence-electron chi connectivity index (χ2n) is 4.04. The molecule has 5 heteroatoms. The van der Waals surface area contributed by atoms with Crippen molar-refractivity contribution in [2.75, 3.05) is 6.61 Å². The van der Waals surface area contributed by atoms with Crippen molar-refractivity contribution in [2.24, 2.45) is 5.92 Å². The van der Waals surface area contributed by atoms with Crippen LogP contribution < -0.4 is 0 Å². The van der Waals surface area contributed by atoms with Crippen molar-refractivity contribution in [1.82, 2.24) is 0 Å². The molecule has 0 bridgehead atoms. The third-order valence-corrected chi connectivity index (χ3v) is 3.24. The Morgan fingerprint density at radius 1 is 1.53 bits per heavy atom. The summed E-state index contributed by atoms with van der Waals surface area (Å²) in [6.45, 7) is 6.71. The molecule has 0 N–H and O–H groups in total. The monoisotopic (exact) mass is 270 g/mol. The quantitative estimate of drug-likeness (QED) is 0.400. The molecule has 0 fully saturated rings. The predicted molar refractivity (Wildman–Crippen MR) is 72.8 cm³/mol. The highest BCUT2D eigenvalue weighted by atomic mass is 32.9. The zero-order chi connectivity index (χ0) is 11.9. The number of hydrogen-bond donors (Lipinski definition) is 1. The SMILES string of the molecule is CC(C)=CCCC(C)CCOP(F)(=S)S. The van der Waals surface area contributed by atoms with E-state index in [2.05, 4.69) is 50.9 Å². The van der Waals surface area contributed by atoms with E-state index in [9.17, 15) is 4.20 Å². The van der Waals surface area contributed by atoms with E-state index in [1.807, 2.05) is 0 Å². The zero-order valence-electron chi connectivity index (χ0n) is 9.57. The molecule has 15 heavy (non-hydrogen) atoms. The Kier molecular flexibility index (Phi) is 8.16. The van der Waals surface area contributed by atoms with Crippen LogP contribution in [0.1, 0.15) is 40.0 Å². The molecular weight excluding hydrogens is 250 g/mol. The third-order valence-electron chi connectivity index (χ3n) is 2.07. The van der Waals surface area contributed by atoms with Gasteiger partial charge in [0, 0.05) is 0 Å². The molecule has 0 heterocycles. The minimum absolute atomic E-state index is 0.382. The maximum Gasteiger partial charge on any atom is 0.285 e. The molecule has 0 aromatic carbocycles. The summed E-state index contributed by atoms with van der Waals surface area (Å²) < 4.78 is 17.6. The average Bonchev–Trinajstić information content (AvgIpc) is 2.00. The molecule has 0 aromatic rings. The maximum absolute atomic E-state index is 12.8. The van der Waals surface area contributed by atoms with Crippen LogP contribution in [-0.2, 0) is 16.3 Å². The van der Waals surface area contributed by atoms with Crippen LogP contribution >= 0.6 is 18.0 Å². The Morgan fingerprint density at radius 3 is 2.60 bits per heavy atom. The van der Waals surface area contributed by atoms with Gasteiger partial charge in [-0.25, -0.2) is 0 Å². The van der Waals surface area contributed by atoms with Gasteiger partial charge in [-0.3, -0.25) is 0 Å². The van der Waals surface area contributed by atoms with E-state index >= 15 is 0 Å². The molecule has 0 rings (SSSR count). The van der Waals surface area contributed by atoms with Crippen LogP contribution in [0.4, 0.5) is 4.20 Å².